The van der Waals surface area contributed by atoms with Crippen LogP contribution in [-0.2, 0) is 0 Å². The summed E-state index contributed by atoms with van der Waals surface area (Å²) in [6.07, 6.45) is 0.943. The Morgan fingerprint density at radius 1 is 1.55 bits per heavy atom. The summed E-state index contributed by atoms with van der Waals surface area (Å²) in [7, 11) is 0. The highest BCUT2D eigenvalue weighted by atomic mass is 32.2. The highest BCUT2D eigenvalue weighted by Gasteiger charge is 2.26. The van der Waals surface area contributed by atoms with E-state index in [0.29, 0.717) is 10.9 Å². The van der Waals surface area contributed by atoms with Gasteiger partial charge in [-0.2, -0.15) is 11.8 Å². The first kappa shape index (κ1) is 15.0. The van der Waals surface area contributed by atoms with Crippen molar-refractivity contribution >= 4 is 28.8 Å². The maximum Gasteiger partial charge on any atom is 0.315 e. The van der Waals surface area contributed by atoms with Crippen molar-refractivity contribution in [3.63, 3.8) is 0 Å². The monoisotopic (exact) mass is 295 g/mol. The lowest BCUT2D eigenvalue weighted by atomic mass is 10.2. The predicted molar refractivity (Wildman–Crippen MR) is 86.0 cm³/mol. The Morgan fingerprint density at radius 2 is 2.35 bits per heavy atom. The van der Waals surface area contributed by atoms with Crippen molar-refractivity contribution in [2.75, 3.05) is 35.6 Å². The van der Waals surface area contributed by atoms with Crippen LogP contribution in [-0.4, -0.2) is 35.6 Å². The molecule has 6 heteroatoms. The van der Waals surface area contributed by atoms with Crippen LogP contribution in [0.25, 0.3) is 0 Å². The van der Waals surface area contributed by atoms with E-state index in [1.807, 2.05) is 30.8 Å². The largest absolute Gasteiger partial charge is 0.379 e. The minimum atomic E-state index is -0.264. The van der Waals surface area contributed by atoms with E-state index in [0.717, 1.165) is 37.5 Å². The SMILES string of the molecule is CCCNc1cccc(N2CCSC(C)C2)c1[N+](=O)[O-]. The zero-order chi connectivity index (χ0) is 14.5. The highest BCUT2D eigenvalue weighted by Crippen LogP contribution is 2.37. The third kappa shape index (κ3) is 3.36. The normalized spacial score (nSPS) is 18.9. The van der Waals surface area contributed by atoms with Crippen LogP contribution in [0.15, 0.2) is 18.2 Å². The molecule has 1 aromatic carbocycles. The second-order valence-corrected chi connectivity index (χ2v) is 6.53. The molecule has 1 aromatic rings. The average Bonchev–Trinajstić information content (AvgIpc) is 2.44. The lowest BCUT2D eigenvalue weighted by Gasteiger charge is -2.32. The van der Waals surface area contributed by atoms with Gasteiger partial charge < -0.3 is 10.2 Å². The van der Waals surface area contributed by atoms with Gasteiger partial charge in [-0.15, -0.1) is 0 Å². The summed E-state index contributed by atoms with van der Waals surface area (Å²) in [5.41, 5.74) is 1.57. The molecule has 0 bridgehead atoms. The minimum absolute atomic E-state index is 0.208. The summed E-state index contributed by atoms with van der Waals surface area (Å²) in [6.45, 7) is 6.69. The summed E-state index contributed by atoms with van der Waals surface area (Å²) in [5, 5.41) is 15.1. The Labute approximate surface area is 123 Å². The maximum atomic E-state index is 11.5. The van der Waals surface area contributed by atoms with Crippen LogP contribution in [0.3, 0.4) is 0 Å². The zero-order valence-corrected chi connectivity index (χ0v) is 12.8. The van der Waals surface area contributed by atoms with Crippen LogP contribution in [0, 0.1) is 10.1 Å². The van der Waals surface area contributed by atoms with Crippen molar-refractivity contribution < 1.29 is 4.92 Å². The summed E-state index contributed by atoms with van der Waals surface area (Å²) < 4.78 is 0. The molecule has 20 heavy (non-hydrogen) atoms. The van der Waals surface area contributed by atoms with Crippen molar-refractivity contribution in [3.8, 4) is 0 Å². The lowest BCUT2D eigenvalue weighted by Crippen LogP contribution is -2.37. The average molecular weight is 295 g/mol. The van der Waals surface area contributed by atoms with E-state index in [1.165, 1.54) is 0 Å². The Balaban J connectivity index is 2.33. The van der Waals surface area contributed by atoms with Gasteiger partial charge in [-0.1, -0.05) is 19.9 Å². The van der Waals surface area contributed by atoms with Gasteiger partial charge in [0.05, 0.1) is 4.92 Å². The molecule has 0 amide bonds. The topological polar surface area (TPSA) is 58.4 Å². The Kier molecular flexibility index (Phi) is 5.11. The van der Waals surface area contributed by atoms with E-state index >= 15 is 0 Å². The van der Waals surface area contributed by atoms with E-state index < -0.39 is 0 Å². The molecule has 0 saturated carbocycles. The van der Waals surface area contributed by atoms with Crippen molar-refractivity contribution in [2.45, 2.75) is 25.5 Å². The number of para-hydroxylation sites is 1. The molecule has 1 atom stereocenters. The number of hydrogen-bond acceptors (Lipinski definition) is 5. The molecule has 1 fully saturated rings. The number of benzene rings is 1. The molecule has 1 unspecified atom stereocenters. The van der Waals surface area contributed by atoms with Gasteiger partial charge in [-0.3, -0.25) is 10.1 Å². The van der Waals surface area contributed by atoms with Crippen molar-refractivity contribution in [1.29, 1.82) is 0 Å². The van der Waals surface area contributed by atoms with Crippen molar-refractivity contribution in [2.24, 2.45) is 0 Å². The van der Waals surface area contributed by atoms with Gasteiger partial charge >= 0.3 is 5.69 Å². The second kappa shape index (κ2) is 6.83. The second-order valence-electron chi connectivity index (χ2n) is 4.98. The number of hydrogen-bond donors (Lipinski definition) is 1. The summed E-state index contributed by atoms with van der Waals surface area (Å²) in [4.78, 5) is 13.3. The molecule has 0 radical (unpaired) electrons. The smallest absolute Gasteiger partial charge is 0.315 e. The first-order chi connectivity index (χ1) is 9.63. The van der Waals surface area contributed by atoms with Gasteiger partial charge in [0.2, 0.25) is 0 Å². The molecular formula is C14H21N3O2S. The van der Waals surface area contributed by atoms with Crippen LogP contribution >= 0.6 is 11.8 Å². The highest BCUT2D eigenvalue weighted by molar-refractivity contribution is 8.00. The molecule has 1 aliphatic rings. The number of nitrogens with zero attached hydrogens (tertiary/aromatic N) is 2. The molecule has 1 aliphatic heterocycles. The summed E-state index contributed by atoms with van der Waals surface area (Å²) in [5.74, 6) is 1.02. The number of rotatable bonds is 5. The molecule has 0 aliphatic carbocycles. The molecule has 1 heterocycles. The number of anilines is 2. The number of nitro groups is 1. The van der Waals surface area contributed by atoms with E-state index in [1.54, 1.807) is 6.07 Å². The van der Waals surface area contributed by atoms with Crippen LogP contribution in [0.2, 0.25) is 0 Å². The molecule has 0 spiro atoms. The van der Waals surface area contributed by atoms with Crippen LogP contribution < -0.4 is 10.2 Å². The van der Waals surface area contributed by atoms with Crippen LogP contribution in [0.5, 0.6) is 0 Å². The van der Waals surface area contributed by atoms with E-state index in [-0.39, 0.29) is 10.6 Å². The van der Waals surface area contributed by atoms with Crippen molar-refractivity contribution in [1.82, 2.24) is 0 Å². The first-order valence-electron chi connectivity index (χ1n) is 7.01. The van der Waals surface area contributed by atoms with Gasteiger partial charge in [-0.25, -0.2) is 0 Å². The molecule has 2 rings (SSSR count). The zero-order valence-electron chi connectivity index (χ0n) is 12.0. The molecular weight excluding hydrogens is 274 g/mol. The third-order valence-corrected chi connectivity index (χ3v) is 4.48. The van der Waals surface area contributed by atoms with E-state index in [4.69, 9.17) is 0 Å². The van der Waals surface area contributed by atoms with Gasteiger partial charge in [0.25, 0.3) is 0 Å². The third-order valence-electron chi connectivity index (χ3n) is 3.34. The molecule has 110 valence electrons. The molecule has 5 nitrogen and oxygen atoms in total. The standard InChI is InChI=1S/C14H21N3O2S/c1-3-7-15-12-5-4-6-13(14(12)17(18)19)16-8-9-20-11(2)10-16/h4-6,11,15H,3,7-10H2,1-2H3. The van der Waals surface area contributed by atoms with Gasteiger partial charge in [-0.05, 0) is 18.6 Å². The predicted octanol–water partition coefficient (Wildman–Crippen LogP) is 3.36. The molecule has 0 aromatic heterocycles. The number of nitro benzene ring substituents is 1. The van der Waals surface area contributed by atoms with Gasteiger partial charge in [0, 0.05) is 30.6 Å². The molecule has 1 N–H and O–H groups in total. The Bertz CT molecular complexity index is 481. The fraction of sp³-hybridized carbons (Fsp3) is 0.571. The van der Waals surface area contributed by atoms with E-state index in [9.17, 15) is 10.1 Å². The quantitative estimate of drug-likeness (QED) is 0.667. The summed E-state index contributed by atoms with van der Waals surface area (Å²) in [6, 6.07) is 5.55. The van der Waals surface area contributed by atoms with E-state index in [2.05, 4.69) is 17.1 Å². The van der Waals surface area contributed by atoms with Crippen molar-refractivity contribution in [3.05, 3.63) is 28.3 Å². The fourth-order valence-electron chi connectivity index (χ4n) is 2.42. The summed E-state index contributed by atoms with van der Waals surface area (Å²) >= 11 is 1.92. The van der Waals surface area contributed by atoms with Crippen LogP contribution in [0.1, 0.15) is 20.3 Å². The first-order valence-corrected chi connectivity index (χ1v) is 8.06. The molecule has 1 saturated heterocycles. The Morgan fingerprint density at radius 3 is 3.00 bits per heavy atom. The van der Waals surface area contributed by atoms with Gasteiger partial charge in [0.15, 0.2) is 0 Å². The Hall–Kier alpha value is -1.43. The maximum absolute atomic E-state index is 11.5. The fourth-order valence-corrected chi connectivity index (χ4v) is 3.43. The minimum Gasteiger partial charge on any atom is -0.379 e. The van der Waals surface area contributed by atoms with Gasteiger partial charge in [0.1, 0.15) is 11.4 Å². The number of nitrogens with one attached hydrogen (secondary N) is 1. The number of thioether (sulfide) groups is 1. The van der Waals surface area contributed by atoms with Crippen LogP contribution in [0.4, 0.5) is 17.1 Å². The lowest BCUT2D eigenvalue weighted by molar-refractivity contribution is -0.383.